The molecule has 1 atom stereocenters. The number of ether oxygens (including phenoxy) is 1. The summed E-state index contributed by atoms with van der Waals surface area (Å²) in [4.78, 5) is 30.1. The molecule has 0 bridgehead atoms. The van der Waals surface area contributed by atoms with Crippen LogP contribution in [-0.2, 0) is 22.4 Å². The quantitative estimate of drug-likeness (QED) is 0.675. The van der Waals surface area contributed by atoms with Crippen LogP contribution in [0, 0.1) is 0 Å². The summed E-state index contributed by atoms with van der Waals surface area (Å²) < 4.78 is 11.3. The molecule has 8 heteroatoms. The Hall–Kier alpha value is -2.84. The second-order valence-corrected chi connectivity index (χ2v) is 8.62. The molecule has 1 aromatic heterocycles. The van der Waals surface area contributed by atoms with Gasteiger partial charge in [-0.05, 0) is 41.8 Å². The Kier molecular flexibility index (Phi) is 5.18. The van der Waals surface area contributed by atoms with E-state index in [2.05, 4.69) is 39.5 Å². The second-order valence-electron chi connectivity index (χ2n) is 7.44. The molecule has 7 nitrogen and oxygen atoms in total. The molecule has 1 N–H and O–H groups in total. The summed E-state index contributed by atoms with van der Waals surface area (Å²) in [5.74, 6) is 0.427. The molecule has 0 spiro atoms. The molecule has 3 heterocycles. The Labute approximate surface area is 177 Å². The highest BCUT2D eigenvalue weighted by molar-refractivity contribution is 8.15. The SMILES string of the molecule is O=C1NC(=O)C(Cc2ccc3oc(Cc4ccc(N5CCOCC5)cc4)nc3c2)S1. The summed E-state index contributed by atoms with van der Waals surface area (Å²) >= 11 is 1.04. The Morgan fingerprint density at radius 2 is 1.83 bits per heavy atom. The van der Waals surface area contributed by atoms with E-state index in [1.54, 1.807) is 0 Å². The van der Waals surface area contributed by atoms with Gasteiger partial charge in [-0.1, -0.05) is 30.0 Å². The van der Waals surface area contributed by atoms with E-state index in [1.165, 1.54) is 5.69 Å². The number of carbonyl (C=O) groups is 2. The second kappa shape index (κ2) is 8.12. The number of amides is 2. The molecule has 0 saturated carbocycles. The van der Waals surface area contributed by atoms with Crippen LogP contribution in [-0.4, -0.2) is 47.7 Å². The lowest BCUT2D eigenvalue weighted by atomic mass is 10.1. The van der Waals surface area contributed by atoms with E-state index in [0.29, 0.717) is 18.7 Å². The van der Waals surface area contributed by atoms with Crippen LogP contribution in [0.3, 0.4) is 0 Å². The van der Waals surface area contributed by atoms with E-state index < -0.39 is 0 Å². The number of aromatic nitrogens is 1. The molecular weight excluding hydrogens is 402 g/mol. The molecule has 2 aliphatic heterocycles. The number of rotatable bonds is 5. The van der Waals surface area contributed by atoms with Gasteiger partial charge < -0.3 is 14.1 Å². The zero-order valence-corrected chi connectivity index (χ0v) is 17.1. The first kappa shape index (κ1) is 19.1. The normalized spacial score (nSPS) is 19.5. The van der Waals surface area contributed by atoms with E-state index in [1.807, 2.05) is 18.2 Å². The third-order valence-electron chi connectivity index (χ3n) is 5.35. The lowest BCUT2D eigenvalue weighted by Gasteiger charge is -2.28. The topological polar surface area (TPSA) is 84.7 Å². The summed E-state index contributed by atoms with van der Waals surface area (Å²) in [5.41, 5.74) is 4.79. The number of thioether (sulfide) groups is 1. The molecular formula is C22H21N3O4S. The van der Waals surface area contributed by atoms with Gasteiger partial charge in [-0.3, -0.25) is 14.9 Å². The van der Waals surface area contributed by atoms with Gasteiger partial charge in [0, 0.05) is 25.2 Å². The molecule has 154 valence electrons. The third kappa shape index (κ3) is 4.06. The average Bonchev–Trinajstić information content (AvgIpc) is 3.30. The van der Waals surface area contributed by atoms with Crippen LogP contribution in [0.1, 0.15) is 17.0 Å². The number of nitrogens with one attached hydrogen (secondary N) is 1. The Balaban J connectivity index is 1.28. The first-order valence-electron chi connectivity index (χ1n) is 9.95. The van der Waals surface area contributed by atoms with Crippen molar-refractivity contribution in [3.05, 3.63) is 59.5 Å². The number of oxazole rings is 1. The van der Waals surface area contributed by atoms with Gasteiger partial charge in [-0.2, -0.15) is 0 Å². The highest BCUT2D eigenvalue weighted by Crippen LogP contribution is 2.26. The zero-order chi connectivity index (χ0) is 20.5. The summed E-state index contributed by atoms with van der Waals surface area (Å²) in [6, 6.07) is 14.2. The number of anilines is 1. The van der Waals surface area contributed by atoms with Gasteiger partial charge in [-0.15, -0.1) is 0 Å². The molecule has 2 aromatic carbocycles. The van der Waals surface area contributed by atoms with Crippen molar-refractivity contribution in [3.8, 4) is 0 Å². The van der Waals surface area contributed by atoms with Gasteiger partial charge in [0.25, 0.3) is 5.24 Å². The van der Waals surface area contributed by atoms with Gasteiger partial charge >= 0.3 is 0 Å². The molecule has 0 aliphatic carbocycles. The van der Waals surface area contributed by atoms with Crippen molar-refractivity contribution in [1.82, 2.24) is 10.3 Å². The van der Waals surface area contributed by atoms with Gasteiger partial charge in [0.15, 0.2) is 11.5 Å². The zero-order valence-electron chi connectivity index (χ0n) is 16.3. The Bertz CT molecular complexity index is 1090. The van der Waals surface area contributed by atoms with E-state index in [4.69, 9.17) is 9.15 Å². The van der Waals surface area contributed by atoms with E-state index in [-0.39, 0.29) is 16.4 Å². The number of hydrogen-bond acceptors (Lipinski definition) is 7. The molecule has 2 aliphatic rings. The van der Waals surface area contributed by atoms with E-state index in [0.717, 1.165) is 60.3 Å². The summed E-state index contributed by atoms with van der Waals surface area (Å²) in [5, 5.41) is 1.66. The van der Waals surface area contributed by atoms with Crippen LogP contribution in [0.5, 0.6) is 0 Å². The number of nitrogens with zero attached hydrogens (tertiary/aromatic N) is 2. The molecule has 30 heavy (non-hydrogen) atoms. The number of imide groups is 1. The van der Waals surface area contributed by atoms with Gasteiger partial charge in [0.05, 0.1) is 18.5 Å². The third-order valence-corrected chi connectivity index (χ3v) is 6.33. The van der Waals surface area contributed by atoms with Crippen LogP contribution in [0.2, 0.25) is 0 Å². The fraction of sp³-hybridized carbons (Fsp3) is 0.318. The van der Waals surface area contributed by atoms with Crippen LogP contribution in [0.25, 0.3) is 11.1 Å². The number of benzene rings is 2. The number of hydrogen-bond donors (Lipinski definition) is 1. The van der Waals surface area contributed by atoms with Crippen LogP contribution >= 0.6 is 11.8 Å². The highest BCUT2D eigenvalue weighted by Gasteiger charge is 2.31. The molecule has 1 unspecified atom stereocenters. The van der Waals surface area contributed by atoms with Crippen molar-refractivity contribution in [2.75, 3.05) is 31.2 Å². The van der Waals surface area contributed by atoms with Crippen LogP contribution in [0.15, 0.2) is 46.9 Å². The maximum absolute atomic E-state index is 11.8. The summed E-state index contributed by atoms with van der Waals surface area (Å²) in [6.07, 6.45) is 1.10. The molecule has 5 rings (SSSR count). The number of morpholine rings is 1. The van der Waals surface area contributed by atoms with E-state index in [9.17, 15) is 9.59 Å². The maximum atomic E-state index is 11.8. The minimum absolute atomic E-state index is 0.230. The van der Waals surface area contributed by atoms with Crippen molar-refractivity contribution in [3.63, 3.8) is 0 Å². The monoisotopic (exact) mass is 423 g/mol. The summed E-state index contributed by atoms with van der Waals surface area (Å²) in [6.45, 7) is 3.38. The lowest BCUT2D eigenvalue weighted by Crippen LogP contribution is -2.36. The molecule has 2 fully saturated rings. The average molecular weight is 423 g/mol. The smallest absolute Gasteiger partial charge is 0.286 e. The van der Waals surface area contributed by atoms with Crippen LogP contribution < -0.4 is 10.2 Å². The van der Waals surface area contributed by atoms with Crippen molar-refractivity contribution < 1.29 is 18.7 Å². The van der Waals surface area contributed by atoms with Crippen LogP contribution in [0.4, 0.5) is 10.5 Å². The van der Waals surface area contributed by atoms with Crippen molar-refractivity contribution in [2.24, 2.45) is 0 Å². The van der Waals surface area contributed by atoms with Gasteiger partial charge in [0.1, 0.15) is 5.52 Å². The number of fused-ring (bicyclic) bond motifs is 1. The molecule has 0 radical (unpaired) electrons. The van der Waals surface area contributed by atoms with Crippen molar-refractivity contribution in [1.29, 1.82) is 0 Å². The molecule has 2 saturated heterocycles. The molecule has 3 aromatic rings. The minimum atomic E-state index is -0.383. The first-order valence-corrected chi connectivity index (χ1v) is 10.8. The van der Waals surface area contributed by atoms with E-state index >= 15 is 0 Å². The predicted molar refractivity (Wildman–Crippen MR) is 115 cm³/mol. The standard InChI is InChI=1S/C22H21N3O4S/c26-21-19(30-22(27)24-21)12-15-3-6-18-17(11-15)23-20(29-18)13-14-1-4-16(5-2-14)25-7-9-28-10-8-25/h1-6,11,19H,7-10,12-13H2,(H,24,26,27). The Morgan fingerprint density at radius 3 is 2.57 bits per heavy atom. The molecule has 2 amide bonds. The fourth-order valence-electron chi connectivity index (χ4n) is 3.79. The minimum Gasteiger partial charge on any atom is -0.440 e. The van der Waals surface area contributed by atoms with Gasteiger partial charge in [-0.25, -0.2) is 4.98 Å². The number of carbonyl (C=O) groups excluding carboxylic acids is 2. The first-order chi connectivity index (χ1) is 14.6. The Morgan fingerprint density at radius 1 is 1.07 bits per heavy atom. The van der Waals surface area contributed by atoms with Crippen molar-refractivity contribution in [2.45, 2.75) is 18.1 Å². The highest BCUT2D eigenvalue weighted by atomic mass is 32.2. The van der Waals surface area contributed by atoms with Gasteiger partial charge in [0.2, 0.25) is 5.91 Å². The fourth-order valence-corrected chi connectivity index (χ4v) is 4.65. The lowest BCUT2D eigenvalue weighted by molar-refractivity contribution is -0.118. The predicted octanol–water partition coefficient (Wildman–Crippen LogP) is 3.15. The van der Waals surface area contributed by atoms with Crippen molar-refractivity contribution >= 4 is 39.7 Å². The summed E-state index contributed by atoms with van der Waals surface area (Å²) in [7, 11) is 0. The maximum Gasteiger partial charge on any atom is 0.286 e. The largest absolute Gasteiger partial charge is 0.440 e.